The molecule has 0 aromatic rings. The van der Waals surface area contributed by atoms with Crippen molar-refractivity contribution in [3.8, 4) is 0 Å². The summed E-state index contributed by atoms with van der Waals surface area (Å²) in [6.45, 7) is 4.96. The molecule has 0 heterocycles. The first-order valence-electron chi connectivity index (χ1n) is 10.9. The quantitative estimate of drug-likeness (QED) is 0.626. The Morgan fingerprint density at radius 3 is 0.929 bits per heavy atom. The molecule has 0 unspecified atom stereocenters. The van der Waals surface area contributed by atoms with Crippen LogP contribution in [0.25, 0.3) is 0 Å². The summed E-state index contributed by atoms with van der Waals surface area (Å²) in [6.07, 6.45) is 11.0. The predicted octanol–water partition coefficient (Wildman–Crippen LogP) is 5.00. The summed E-state index contributed by atoms with van der Waals surface area (Å²) in [5, 5.41) is 8.62. The lowest BCUT2D eigenvalue weighted by molar-refractivity contribution is -0.138. The second-order valence-electron chi connectivity index (χ2n) is 9.09. The van der Waals surface area contributed by atoms with Crippen molar-refractivity contribution in [1.29, 1.82) is 0 Å². The summed E-state index contributed by atoms with van der Waals surface area (Å²) < 4.78 is 0. The molecule has 2 aliphatic rings. The number of carbonyl (C=O) groups is 4. The van der Waals surface area contributed by atoms with Crippen LogP contribution in [-0.4, -0.2) is 28.4 Å². The van der Waals surface area contributed by atoms with Gasteiger partial charge in [0.1, 0.15) is 17.3 Å². The van der Waals surface area contributed by atoms with Crippen molar-refractivity contribution in [2.45, 2.75) is 97.8 Å². The Morgan fingerprint density at radius 1 is 0.536 bits per heavy atom. The van der Waals surface area contributed by atoms with E-state index in [4.69, 9.17) is 5.11 Å². The smallest absolute Gasteiger partial charge is 0.303 e. The Hall–Kier alpha value is -1.52. The number of hydrogen-bond donors (Lipinski definition) is 1. The fourth-order valence-corrected chi connectivity index (χ4v) is 4.75. The minimum Gasteiger partial charge on any atom is -0.481 e. The third-order valence-electron chi connectivity index (χ3n) is 6.12. The van der Waals surface area contributed by atoms with Crippen LogP contribution < -0.4 is 0 Å². The highest BCUT2D eigenvalue weighted by Gasteiger charge is 2.24. The molecule has 0 atom stereocenters. The van der Waals surface area contributed by atoms with E-state index in [-0.39, 0.29) is 5.78 Å². The molecular weight excluding hydrogens is 356 g/mol. The van der Waals surface area contributed by atoms with E-state index >= 15 is 0 Å². The summed E-state index contributed by atoms with van der Waals surface area (Å²) in [5.74, 6) is 2.21. The zero-order chi connectivity index (χ0) is 21.1. The van der Waals surface area contributed by atoms with Crippen LogP contribution in [0.5, 0.6) is 0 Å². The van der Waals surface area contributed by atoms with Gasteiger partial charge in [0.05, 0.1) is 0 Å². The Balaban J connectivity index is 0.000000280. The van der Waals surface area contributed by atoms with Crippen LogP contribution in [0.15, 0.2) is 0 Å². The normalized spacial score (nSPS) is 27.2. The average molecular weight is 395 g/mol. The van der Waals surface area contributed by atoms with Gasteiger partial charge < -0.3 is 19.5 Å². The van der Waals surface area contributed by atoms with Crippen LogP contribution in [0.2, 0.25) is 0 Å². The number of carbonyl (C=O) groups excluding carboxylic acids is 3. The fourth-order valence-electron chi connectivity index (χ4n) is 4.75. The molecule has 28 heavy (non-hydrogen) atoms. The van der Waals surface area contributed by atoms with Crippen molar-refractivity contribution in [1.82, 2.24) is 0 Å². The average Bonchev–Trinajstić information content (AvgIpc) is 2.57. The molecule has 5 heteroatoms. The fraction of sp³-hybridized carbons (Fsp3) is 0.826. The van der Waals surface area contributed by atoms with Crippen LogP contribution in [0, 0.1) is 23.7 Å². The van der Waals surface area contributed by atoms with Gasteiger partial charge in [-0.3, -0.25) is 4.79 Å². The summed E-state index contributed by atoms with van der Waals surface area (Å²) in [5.41, 5.74) is 0. The minimum absolute atomic E-state index is 0.256. The van der Waals surface area contributed by atoms with E-state index in [9.17, 15) is 19.2 Å². The molecule has 160 valence electrons. The van der Waals surface area contributed by atoms with Crippen LogP contribution in [0.3, 0.4) is 0 Å². The van der Waals surface area contributed by atoms with Gasteiger partial charge in [0.15, 0.2) is 0 Å². The van der Waals surface area contributed by atoms with Gasteiger partial charge in [-0.15, -0.1) is 0 Å². The second-order valence-corrected chi connectivity index (χ2v) is 9.09. The molecule has 0 saturated heterocycles. The summed E-state index contributed by atoms with van der Waals surface area (Å²) in [6, 6.07) is 0. The third-order valence-corrected chi connectivity index (χ3v) is 6.12. The van der Waals surface area contributed by atoms with Crippen LogP contribution in [0.1, 0.15) is 97.8 Å². The lowest BCUT2D eigenvalue weighted by atomic mass is 9.78. The molecule has 2 saturated carbocycles. The SMILES string of the molecule is CC(=O)CC1CCC(CC(=O)O)CC1.CC(=O)CC1CCC(CC(C)=O)CC1. The predicted molar refractivity (Wildman–Crippen MR) is 109 cm³/mol. The number of rotatable bonds is 8. The third kappa shape index (κ3) is 11.4. The van der Waals surface area contributed by atoms with Gasteiger partial charge in [0.25, 0.3) is 0 Å². The molecule has 1 N–H and O–H groups in total. The minimum atomic E-state index is -0.694. The molecule has 0 spiro atoms. The van der Waals surface area contributed by atoms with Crippen molar-refractivity contribution in [2.24, 2.45) is 23.7 Å². The lowest BCUT2D eigenvalue weighted by Crippen LogP contribution is -2.18. The number of hydrogen-bond acceptors (Lipinski definition) is 4. The zero-order valence-electron chi connectivity index (χ0n) is 17.9. The molecule has 0 bridgehead atoms. The van der Waals surface area contributed by atoms with Crippen LogP contribution >= 0.6 is 0 Å². The Kier molecular flexibility index (Phi) is 11.2. The van der Waals surface area contributed by atoms with Crippen LogP contribution in [-0.2, 0) is 19.2 Å². The molecular formula is C23H38O5. The monoisotopic (exact) mass is 394 g/mol. The topological polar surface area (TPSA) is 88.5 Å². The molecule has 0 radical (unpaired) electrons. The molecule has 5 nitrogen and oxygen atoms in total. The van der Waals surface area contributed by atoms with E-state index < -0.39 is 5.97 Å². The molecule has 2 rings (SSSR count). The number of aliphatic carboxylic acids is 1. The largest absolute Gasteiger partial charge is 0.481 e. The molecule has 0 aliphatic heterocycles. The summed E-state index contributed by atoms with van der Waals surface area (Å²) in [7, 11) is 0. The molecule has 0 aromatic heterocycles. The Morgan fingerprint density at radius 2 is 0.750 bits per heavy atom. The highest BCUT2D eigenvalue weighted by atomic mass is 16.4. The summed E-state index contributed by atoms with van der Waals surface area (Å²) in [4.78, 5) is 43.2. The van der Waals surface area contributed by atoms with Gasteiger partial charge in [-0.1, -0.05) is 0 Å². The number of ketones is 3. The van der Waals surface area contributed by atoms with E-state index in [1.807, 2.05) is 0 Å². The molecule has 2 fully saturated rings. The van der Waals surface area contributed by atoms with Gasteiger partial charge >= 0.3 is 5.97 Å². The molecule has 2 aliphatic carbocycles. The Bertz CT molecular complexity index is 427. The van der Waals surface area contributed by atoms with Gasteiger partial charge in [-0.2, -0.15) is 0 Å². The first-order valence-corrected chi connectivity index (χ1v) is 10.9. The van der Waals surface area contributed by atoms with E-state index in [1.54, 1.807) is 20.8 Å². The van der Waals surface area contributed by atoms with Crippen molar-refractivity contribution in [3.63, 3.8) is 0 Å². The van der Waals surface area contributed by atoms with E-state index in [2.05, 4.69) is 0 Å². The lowest BCUT2D eigenvalue weighted by Gasteiger charge is -2.27. The first kappa shape index (κ1) is 24.5. The van der Waals surface area contributed by atoms with Crippen molar-refractivity contribution < 1.29 is 24.3 Å². The maximum absolute atomic E-state index is 10.9. The van der Waals surface area contributed by atoms with Gasteiger partial charge in [-0.05, 0) is 95.8 Å². The number of Topliss-reactive ketones (excluding diaryl/α,β-unsaturated/α-hetero) is 3. The first-order chi connectivity index (χ1) is 13.2. The van der Waals surface area contributed by atoms with E-state index in [1.165, 1.54) is 0 Å². The molecule has 0 aromatic carbocycles. The Labute approximate surface area is 169 Å². The van der Waals surface area contributed by atoms with Crippen molar-refractivity contribution >= 4 is 23.3 Å². The van der Waals surface area contributed by atoms with Gasteiger partial charge in [-0.25, -0.2) is 0 Å². The number of carboxylic acids is 1. The molecule has 0 amide bonds. The van der Waals surface area contributed by atoms with E-state index in [0.29, 0.717) is 48.1 Å². The van der Waals surface area contributed by atoms with Gasteiger partial charge in [0, 0.05) is 25.7 Å². The maximum atomic E-state index is 10.9. The summed E-state index contributed by atoms with van der Waals surface area (Å²) >= 11 is 0. The zero-order valence-corrected chi connectivity index (χ0v) is 17.9. The number of carboxylic acid groups (broad SMARTS) is 1. The highest BCUT2D eigenvalue weighted by Crippen LogP contribution is 2.33. The van der Waals surface area contributed by atoms with Crippen LogP contribution in [0.4, 0.5) is 0 Å². The van der Waals surface area contributed by atoms with Crippen molar-refractivity contribution in [3.05, 3.63) is 0 Å². The van der Waals surface area contributed by atoms with Crippen molar-refractivity contribution in [2.75, 3.05) is 0 Å². The van der Waals surface area contributed by atoms with E-state index in [0.717, 1.165) is 64.2 Å². The standard InChI is InChI=1S/C12H20O2.C11H18O3/c1-9(13)7-11-3-5-12(6-4-11)8-10(2)14;1-8(12)6-9-2-4-10(5-3-9)7-11(13)14/h11-12H,3-8H2,1-2H3;9-10H,2-7H2,1H3,(H,13,14). The van der Waals surface area contributed by atoms with Gasteiger partial charge in [0.2, 0.25) is 0 Å². The highest BCUT2D eigenvalue weighted by molar-refractivity contribution is 5.76. The second kappa shape index (κ2) is 12.8. The maximum Gasteiger partial charge on any atom is 0.303 e.